The highest BCUT2D eigenvalue weighted by Gasteiger charge is 2.33. The maximum atomic E-state index is 11.8. The van der Waals surface area contributed by atoms with Gasteiger partial charge in [-0.2, -0.15) is 0 Å². The normalized spacial score (nSPS) is 33.7. The number of likely N-dealkylation sites (N-methyl/N-ethyl adjacent to an activating group) is 1. The molecule has 0 aromatic heterocycles. The summed E-state index contributed by atoms with van der Waals surface area (Å²) in [5.41, 5.74) is 0. The lowest BCUT2D eigenvalue weighted by atomic mass is 10.1. The van der Waals surface area contributed by atoms with Crippen molar-refractivity contribution in [1.29, 1.82) is 0 Å². The first-order valence-electron chi connectivity index (χ1n) is 5.99. The molecule has 0 aromatic rings. The first kappa shape index (κ1) is 10.9. The van der Waals surface area contributed by atoms with Crippen LogP contribution >= 0.6 is 0 Å². The van der Waals surface area contributed by atoms with E-state index >= 15 is 0 Å². The molecule has 2 aliphatic rings. The molecular formula is C11H21N3O. The Morgan fingerprint density at radius 3 is 2.93 bits per heavy atom. The van der Waals surface area contributed by atoms with Crippen LogP contribution in [0.15, 0.2) is 0 Å². The molecule has 0 aliphatic carbocycles. The molecule has 0 spiro atoms. The summed E-state index contributed by atoms with van der Waals surface area (Å²) in [4.78, 5) is 16.1. The first-order valence-corrected chi connectivity index (χ1v) is 5.99. The van der Waals surface area contributed by atoms with E-state index < -0.39 is 0 Å². The Bertz CT molecular complexity index is 238. The van der Waals surface area contributed by atoms with Crippen LogP contribution in [-0.4, -0.2) is 54.1 Å². The smallest absolute Gasteiger partial charge is 0.236 e. The van der Waals surface area contributed by atoms with Gasteiger partial charge in [-0.1, -0.05) is 0 Å². The first-order chi connectivity index (χ1) is 7.22. The van der Waals surface area contributed by atoms with Crippen molar-refractivity contribution in [3.8, 4) is 0 Å². The lowest BCUT2D eigenvalue weighted by molar-refractivity contribution is -0.139. The van der Waals surface area contributed by atoms with Gasteiger partial charge in [-0.3, -0.25) is 9.69 Å². The van der Waals surface area contributed by atoms with Gasteiger partial charge in [-0.15, -0.1) is 0 Å². The largest absolute Gasteiger partial charge is 0.340 e. The topological polar surface area (TPSA) is 35.6 Å². The summed E-state index contributed by atoms with van der Waals surface area (Å²) >= 11 is 0. The highest BCUT2D eigenvalue weighted by molar-refractivity contribution is 5.79. The van der Waals surface area contributed by atoms with Gasteiger partial charge in [0.25, 0.3) is 0 Å². The summed E-state index contributed by atoms with van der Waals surface area (Å²) in [7, 11) is 0. The molecule has 2 saturated heterocycles. The summed E-state index contributed by atoms with van der Waals surface area (Å²) in [5.74, 6) is 0.282. The Kier molecular flexibility index (Phi) is 3.26. The number of amides is 1. The van der Waals surface area contributed by atoms with Crippen LogP contribution in [0.3, 0.4) is 0 Å². The zero-order valence-electron chi connectivity index (χ0n) is 9.70. The molecule has 2 heterocycles. The highest BCUT2D eigenvalue weighted by Crippen LogP contribution is 2.18. The summed E-state index contributed by atoms with van der Waals surface area (Å²) in [6.07, 6.45) is 2.85. The number of hydrogen-bond donors (Lipinski definition) is 1. The number of nitrogens with one attached hydrogen (secondary N) is 1. The van der Waals surface area contributed by atoms with Crippen molar-refractivity contribution >= 4 is 5.91 Å². The molecule has 0 aromatic carbocycles. The molecule has 15 heavy (non-hydrogen) atoms. The van der Waals surface area contributed by atoms with Crippen LogP contribution in [0.1, 0.15) is 26.7 Å². The molecular weight excluding hydrogens is 190 g/mol. The second-order valence-corrected chi connectivity index (χ2v) is 4.57. The predicted octanol–water partition coefficient (Wildman–Crippen LogP) is 0.249. The van der Waals surface area contributed by atoms with Crippen LogP contribution in [0, 0.1) is 0 Å². The van der Waals surface area contributed by atoms with Gasteiger partial charge in [0.15, 0.2) is 0 Å². The average Bonchev–Trinajstić information content (AvgIpc) is 2.74. The van der Waals surface area contributed by atoms with E-state index in [2.05, 4.69) is 17.1 Å². The van der Waals surface area contributed by atoms with Gasteiger partial charge in [-0.25, -0.2) is 0 Å². The molecule has 4 heteroatoms. The Hall–Kier alpha value is -0.610. The Morgan fingerprint density at radius 2 is 2.33 bits per heavy atom. The maximum Gasteiger partial charge on any atom is 0.236 e. The van der Waals surface area contributed by atoms with E-state index in [1.165, 1.54) is 12.8 Å². The van der Waals surface area contributed by atoms with E-state index in [1.807, 2.05) is 11.8 Å². The monoisotopic (exact) mass is 211 g/mol. The fraction of sp³-hybridized carbons (Fsp3) is 0.909. The minimum absolute atomic E-state index is 0.282. The van der Waals surface area contributed by atoms with Crippen molar-refractivity contribution in [2.45, 2.75) is 38.9 Å². The average molecular weight is 211 g/mol. The third kappa shape index (κ3) is 2.16. The number of piperazine rings is 1. The number of carbonyl (C=O) groups is 1. The summed E-state index contributed by atoms with van der Waals surface area (Å²) < 4.78 is 0. The quantitative estimate of drug-likeness (QED) is 0.711. The Balaban J connectivity index is 1.98. The van der Waals surface area contributed by atoms with Crippen molar-refractivity contribution < 1.29 is 4.79 Å². The zero-order valence-corrected chi connectivity index (χ0v) is 9.70. The van der Waals surface area contributed by atoms with Crippen molar-refractivity contribution in [2.24, 2.45) is 0 Å². The minimum Gasteiger partial charge on any atom is -0.340 e. The lowest BCUT2D eigenvalue weighted by Gasteiger charge is -2.42. The number of carbonyl (C=O) groups excluding carboxylic acids is 1. The van der Waals surface area contributed by atoms with Crippen molar-refractivity contribution in [3.63, 3.8) is 0 Å². The van der Waals surface area contributed by atoms with Gasteiger partial charge in [0.1, 0.15) is 0 Å². The van der Waals surface area contributed by atoms with E-state index in [1.54, 1.807) is 0 Å². The van der Waals surface area contributed by atoms with Gasteiger partial charge in [0.2, 0.25) is 5.91 Å². The van der Waals surface area contributed by atoms with Crippen molar-refractivity contribution in [3.05, 3.63) is 0 Å². The predicted molar refractivity (Wildman–Crippen MR) is 59.4 cm³/mol. The Morgan fingerprint density at radius 1 is 1.53 bits per heavy atom. The number of nitrogens with zero attached hydrogens (tertiary/aromatic N) is 2. The molecule has 2 unspecified atom stereocenters. The Labute approximate surface area is 91.6 Å². The molecule has 2 aliphatic heterocycles. The van der Waals surface area contributed by atoms with Crippen molar-refractivity contribution in [2.75, 3.05) is 26.2 Å². The minimum atomic E-state index is 0.282. The third-order valence-electron chi connectivity index (χ3n) is 3.54. The van der Waals surface area contributed by atoms with Crippen LogP contribution in [0.5, 0.6) is 0 Å². The molecule has 2 fully saturated rings. The van der Waals surface area contributed by atoms with Crippen molar-refractivity contribution in [1.82, 2.24) is 15.1 Å². The summed E-state index contributed by atoms with van der Waals surface area (Å²) in [6, 6.07) is 0.484. The van der Waals surface area contributed by atoms with Gasteiger partial charge in [-0.05, 0) is 33.2 Å². The molecule has 1 amide bonds. The van der Waals surface area contributed by atoms with Crippen LogP contribution in [0.4, 0.5) is 0 Å². The number of rotatable bonds is 2. The van der Waals surface area contributed by atoms with Gasteiger partial charge >= 0.3 is 0 Å². The van der Waals surface area contributed by atoms with E-state index in [0.29, 0.717) is 18.8 Å². The van der Waals surface area contributed by atoms with E-state index in [4.69, 9.17) is 0 Å². The maximum absolute atomic E-state index is 11.8. The van der Waals surface area contributed by atoms with E-state index in [0.717, 1.165) is 19.6 Å². The SMILES string of the molecule is CCN1CC(C)N(C2CCCN2)CC1=O. The van der Waals surface area contributed by atoms with Gasteiger partial charge in [0, 0.05) is 19.1 Å². The van der Waals surface area contributed by atoms with Crippen LogP contribution in [-0.2, 0) is 4.79 Å². The highest BCUT2D eigenvalue weighted by atomic mass is 16.2. The second-order valence-electron chi connectivity index (χ2n) is 4.57. The molecule has 86 valence electrons. The summed E-state index contributed by atoms with van der Waals surface area (Å²) in [5, 5.41) is 3.47. The third-order valence-corrected chi connectivity index (χ3v) is 3.54. The summed E-state index contributed by atoms with van der Waals surface area (Å²) in [6.45, 7) is 7.68. The van der Waals surface area contributed by atoms with Crippen LogP contribution in [0.25, 0.3) is 0 Å². The second kappa shape index (κ2) is 4.49. The van der Waals surface area contributed by atoms with Crippen LogP contribution < -0.4 is 5.32 Å². The van der Waals surface area contributed by atoms with E-state index in [-0.39, 0.29) is 5.91 Å². The molecule has 2 atom stereocenters. The molecule has 0 bridgehead atoms. The standard InChI is InChI=1S/C11H21N3O/c1-3-13-7-9(2)14(8-11(13)15)10-5-4-6-12-10/h9-10,12H,3-8H2,1-2H3. The fourth-order valence-electron chi connectivity index (χ4n) is 2.61. The lowest BCUT2D eigenvalue weighted by Crippen LogP contribution is -2.59. The van der Waals surface area contributed by atoms with Gasteiger partial charge < -0.3 is 10.2 Å². The molecule has 4 nitrogen and oxygen atoms in total. The van der Waals surface area contributed by atoms with Crippen LogP contribution in [0.2, 0.25) is 0 Å². The zero-order chi connectivity index (χ0) is 10.8. The molecule has 0 saturated carbocycles. The molecule has 1 N–H and O–H groups in total. The molecule has 0 radical (unpaired) electrons. The van der Waals surface area contributed by atoms with E-state index in [9.17, 15) is 4.79 Å². The number of hydrogen-bond acceptors (Lipinski definition) is 3. The molecule has 2 rings (SSSR count). The fourth-order valence-corrected chi connectivity index (χ4v) is 2.61. The van der Waals surface area contributed by atoms with Gasteiger partial charge in [0.05, 0.1) is 12.7 Å².